The lowest BCUT2D eigenvalue weighted by atomic mass is 10.1. The number of halogens is 1. The molecule has 0 unspecified atom stereocenters. The van der Waals surface area contributed by atoms with Crippen LogP contribution in [0.15, 0.2) is 29.3 Å². The number of hydrogen-bond donors (Lipinski definition) is 2. The topological polar surface area (TPSA) is 45.7 Å². The molecule has 0 aliphatic rings. The van der Waals surface area contributed by atoms with Crippen molar-refractivity contribution in [1.29, 1.82) is 0 Å². The Morgan fingerprint density at radius 1 is 1.25 bits per heavy atom. The number of nitrogens with zero attached hydrogens (tertiary/aromatic N) is 1. The van der Waals surface area contributed by atoms with Crippen LogP contribution < -0.4 is 10.6 Å². The smallest absolute Gasteiger partial charge is 0.192 e. The van der Waals surface area contributed by atoms with E-state index in [1.165, 1.54) is 0 Å². The van der Waals surface area contributed by atoms with Gasteiger partial charge in [0.15, 0.2) is 5.96 Å². The lowest BCUT2D eigenvalue weighted by Crippen LogP contribution is -2.37. The Morgan fingerprint density at radius 3 is 2.45 bits per heavy atom. The number of nitrogens with one attached hydrogen (secondary N) is 2. The molecule has 0 spiro atoms. The number of hydrogen-bond acceptors (Lipinski definition) is 2. The van der Waals surface area contributed by atoms with Gasteiger partial charge in [0.05, 0.1) is 19.7 Å². The van der Waals surface area contributed by atoms with Crippen molar-refractivity contribution in [2.45, 2.75) is 20.1 Å². The van der Waals surface area contributed by atoms with Gasteiger partial charge in [-0.2, -0.15) is 0 Å². The zero-order valence-electron chi connectivity index (χ0n) is 12.0. The standard InChI is InChI=1S/C15H21N3O.HI/c1-4-10-17-15(16-5-2)18-11-13-6-8-14(9-7-13)12-19-3;/h1,6-9H,5,10-12H2,2-3H3,(H2,16,17,18);1H. The number of methoxy groups -OCH3 is 1. The normalized spacial score (nSPS) is 10.3. The number of ether oxygens (including phenoxy) is 1. The fourth-order valence-electron chi connectivity index (χ4n) is 1.55. The van der Waals surface area contributed by atoms with Crippen LogP contribution in [0.4, 0.5) is 0 Å². The van der Waals surface area contributed by atoms with Crippen molar-refractivity contribution >= 4 is 29.9 Å². The Balaban J connectivity index is 0.00000361. The molecule has 0 bridgehead atoms. The summed E-state index contributed by atoms with van der Waals surface area (Å²) in [5.74, 6) is 3.27. The van der Waals surface area contributed by atoms with Crippen LogP contribution in [0.25, 0.3) is 0 Å². The molecule has 0 saturated carbocycles. The molecule has 1 aromatic rings. The molecule has 0 aliphatic carbocycles. The molecule has 0 aliphatic heterocycles. The van der Waals surface area contributed by atoms with Crippen molar-refractivity contribution in [3.8, 4) is 12.3 Å². The zero-order valence-corrected chi connectivity index (χ0v) is 14.3. The van der Waals surface area contributed by atoms with Crippen molar-refractivity contribution < 1.29 is 4.74 Å². The molecule has 5 heteroatoms. The van der Waals surface area contributed by atoms with Crippen LogP contribution in [0.2, 0.25) is 0 Å². The van der Waals surface area contributed by atoms with Crippen LogP contribution in [0.5, 0.6) is 0 Å². The van der Waals surface area contributed by atoms with Crippen molar-refractivity contribution in [2.24, 2.45) is 4.99 Å². The van der Waals surface area contributed by atoms with Gasteiger partial charge in [-0.1, -0.05) is 30.2 Å². The molecule has 2 N–H and O–H groups in total. The van der Waals surface area contributed by atoms with Gasteiger partial charge in [0.2, 0.25) is 0 Å². The van der Waals surface area contributed by atoms with E-state index in [9.17, 15) is 0 Å². The minimum atomic E-state index is 0. The van der Waals surface area contributed by atoms with E-state index in [4.69, 9.17) is 11.2 Å². The summed E-state index contributed by atoms with van der Waals surface area (Å²) < 4.78 is 5.08. The van der Waals surface area contributed by atoms with Crippen molar-refractivity contribution in [3.05, 3.63) is 35.4 Å². The molecule has 0 aromatic heterocycles. The summed E-state index contributed by atoms with van der Waals surface area (Å²) >= 11 is 0. The van der Waals surface area contributed by atoms with E-state index in [1.54, 1.807) is 7.11 Å². The van der Waals surface area contributed by atoms with Gasteiger partial charge >= 0.3 is 0 Å². The van der Waals surface area contributed by atoms with Crippen LogP contribution in [0.1, 0.15) is 18.1 Å². The Hall–Kier alpha value is -1.26. The maximum atomic E-state index is 5.22. The van der Waals surface area contributed by atoms with Crippen LogP contribution in [-0.2, 0) is 17.9 Å². The molecule has 4 nitrogen and oxygen atoms in total. The summed E-state index contributed by atoms with van der Waals surface area (Å²) in [6.07, 6.45) is 5.22. The second kappa shape index (κ2) is 11.6. The average molecular weight is 387 g/mol. The highest BCUT2D eigenvalue weighted by Gasteiger charge is 1.97. The zero-order chi connectivity index (χ0) is 13.9. The fourth-order valence-corrected chi connectivity index (χ4v) is 1.55. The predicted molar refractivity (Wildman–Crippen MR) is 94.2 cm³/mol. The van der Waals surface area contributed by atoms with Gasteiger partial charge in [-0.25, -0.2) is 4.99 Å². The van der Waals surface area contributed by atoms with Gasteiger partial charge in [0.25, 0.3) is 0 Å². The fraction of sp³-hybridized carbons (Fsp3) is 0.400. The molecule has 0 amide bonds. The Bertz CT molecular complexity index is 437. The summed E-state index contributed by atoms with van der Waals surface area (Å²) in [5, 5.41) is 6.20. The highest BCUT2D eigenvalue weighted by molar-refractivity contribution is 14.0. The van der Waals surface area contributed by atoms with E-state index >= 15 is 0 Å². The highest BCUT2D eigenvalue weighted by Crippen LogP contribution is 2.06. The summed E-state index contributed by atoms with van der Waals surface area (Å²) in [4.78, 5) is 4.46. The molecule has 0 heterocycles. The van der Waals surface area contributed by atoms with E-state index in [2.05, 4.69) is 45.8 Å². The predicted octanol–water partition coefficient (Wildman–Crippen LogP) is 2.14. The maximum absolute atomic E-state index is 5.22. The quantitative estimate of drug-likeness (QED) is 0.340. The van der Waals surface area contributed by atoms with Crippen LogP contribution in [-0.4, -0.2) is 26.2 Å². The minimum Gasteiger partial charge on any atom is -0.380 e. The second-order valence-corrected chi connectivity index (χ2v) is 4.00. The van der Waals surface area contributed by atoms with Crippen molar-refractivity contribution in [1.82, 2.24) is 10.6 Å². The van der Waals surface area contributed by atoms with Gasteiger partial charge < -0.3 is 15.4 Å². The third-order valence-electron chi connectivity index (χ3n) is 2.46. The molecule has 110 valence electrons. The largest absolute Gasteiger partial charge is 0.380 e. The molecular formula is C15H22IN3O. The molecule has 1 rings (SSSR count). The second-order valence-electron chi connectivity index (χ2n) is 4.00. The molecule has 0 fully saturated rings. The van der Waals surface area contributed by atoms with Gasteiger partial charge in [0.1, 0.15) is 0 Å². The van der Waals surface area contributed by atoms with E-state index < -0.39 is 0 Å². The number of aliphatic imine (C=N–C) groups is 1. The first kappa shape index (κ1) is 18.7. The van der Waals surface area contributed by atoms with E-state index in [1.807, 2.05) is 6.92 Å². The third-order valence-corrected chi connectivity index (χ3v) is 2.46. The summed E-state index contributed by atoms with van der Waals surface area (Å²) in [6, 6.07) is 8.22. The Kier molecular flexibility index (Phi) is 10.8. The molecular weight excluding hydrogens is 365 g/mol. The first-order chi connectivity index (χ1) is 9.30. The van der Waals surface area contributed by atoms with E-state index in [0.717, 1.165) is 23.6 Å². The Morgan fingerprint density at radius 2 is 1.90 bits per heavy atom. The van der Waals surface area contributed by atoms with Gasteiger partial charge in [-0.05, 0) is 18.1 Å². The van der Waals surface area contributed by atoms with Crippen molar-refractivity contribution in [2.75, 3.05) is 20.2 Å². The monoisotopic (exact) mass is 387 g/mol. The number of terminal acetylenes is 1. The SMILES string of the molecule is C#CCNC(=NCc1ccc(COC)cc1)NCC.I. The summed E-state index contributed by atoms with van der Waals surface area (Å²) in [7, 11) is 1.69. The van der Waals surface area contributed by atoms with Crippen LogP contribution in [0, 0.1) is 12.3 Å². The summed E-state index contributed by atoms with van der Waals surface area (Å²) in [6.45, 7) is 4.55. The lowest BCUT2D eigenvalue weighted by molar-refractivity contribution is 0.185. The Labute approximate surface area is 138 Å². The number of rotatable bonds is 6. The number of benzene rings is 1. The first-order valence-electron chi connectivity index (χ1n) is 6.32. The van der Waals surface area contributed by atoms with Gasteiger partial charge in [0, 0.05) is 13.7 Å². The lowest BCUT2D eigenvalue weighted by Gasteiger charge is -2.09. The first-order valence-corrected chi connectivity index (χ1v) is 6.32. The van der Waals surface area contributed by atoms with Crippen LogP contribution >= 0.6 is 24.0 Å². The number of guanidine groups is 1. The summed E-state index contributed by atoms with van der Waals surface area (Å²) in [5.41, 5.74) is 2.31. The average Bonchev–Trinajstić information content (AvgIpc) is 2.44. The molecule has 20 heavy (non-hydrogen) atoms. The van der Waals surface area contributed by atoms with Crippen molar-refractivity contribution in [3.63, 3.8) is 0 Å². The van der Waals surface area contributed by atoms with Crippen LogP contribution in [0.3, 0.4) is 0 Å². The molecule has 0 saturated heterocycles. The van der Waals surface area contributed by atoms with E-state index in [0.29, 0.717) is 19.7 Å². The van der Waals surface area contributed by atoms with E-state index in [-0.39, 0.29) is 24.0 Å². The maximum Gasteiger partial charge on any atom is 0.192 e. The third kappa shape index (κ3) is 7.36. The minimum absolute atomic E-state index is 0. The molecule has 0 radical (unpaired) electrons. The van der Waals surface area contributed by atoms with Gasteiger partial charge in [-0.15, -0.1) is 30.4 Å². The molecule has 1 aromatic carbocycles. The molecule has 0 atom stereocenters. The van der Waals surface area contributed by atoms with Gasteiger partial charge in [-0.3, -0.25) is 0 Å². The highest BCUT2D eigenvalue weighted by atomic mass is 127.